The molecular formula is C15H16N2O3. The van der Waals surface area contributed by atoms with Gasteiger partial charge in [0.05, 0.1) is 5.69 Å². The number of barbiturate groups is 1. The van der Waals surface area contributed by atoms with Crippen LogP contribution in [-0.4, -0.2) is 17.8 Å². The molecule has 5 nitrogen and oxygen atoms in total. The lowest BCUT2D eigenvalue weighted by Gasteiger charge is -2.32. The van der Waals surface area contributed by atoms with Crippen LogP contribution in [0.4, 0.5) is 10.5 Å². The molecule has 0 radical (unpaired) electrons. The van der Waals surface area contributed by atoms with Gasteiger partial charge < -0.3 is 0 Å². The molecule has 0 aromatic heterocycles. The number of carbonyl (C=O) groups excluding carboxylic acids is 3. The molecule has 2 aliphatic rings. The molecule has 1 spiro atoms. The van der Waals surface area contributed by atoms with Gasteiger partial charge in [-0.2, -0.15) is 0 Å². The van der Waals surface area contributed by atoms with Crippen molar-refractivity contribution in [1.29, 1.82) is 0 Å². The van der Waals surface area contributed by atoms with Crippen LogP contribution in [0.2, 0.25) is 0 Å². The highest BCUT2D eigenvalue weighted by atomic mass is 16.2. The Bertz CT molecular complexity index is 632. The van der Waals surface area contributed by atoms with Gasteiger partial charge in [0.2, 0.25) is 5.91 Å². The molecular weight excluding hydrogens is 256 g/mol. The van der Waals surface area contributed by atoms with Gasteiger partial charge in [-0.25, -0.2) is 9.69 Å². The third-order valence-corrected chi connectivity index (χ3v) is 4.15. The van der Waals surface area contributed by atoms with Crippen molar-refractivity contribution in [2.45, 2.75) is 33.1 Å². The van der Waals surface area contributed by atoms with Crippen LogP contribution in [0.15, 0.2) is 18.2 Å². The van der Waals surface area contributed by atoms with Crippen LogP contribution in [0.3, 0.4) is 0 Å². The number of amides is 4. The number of para-hydroxylation sites is 1. The number of urea groups is 1. The van der Waals surface area contributed by atoms with Crippen molar-refractivity contribution in [3.63, 3.8) is 0 Å². The van der Waals surface area contributed by atoms with Crippen LogP contribution in [0.5, 0.6) is 0 Å². The minimum absolute atomic E-state index is 0.379. The molecule has 5 heteroatoms. The second-order valence-electron chi connectivity index (χ2n) is 5.42. The molecule has 2 fully saturated rings. The molecule has 0 unspecified atom stereocenters. The van der Waals surface area contributed by atoms with Gasteiger partial charge in [0.25, 0.3) is 5.91 Å². The Morgan fingerprint density at radius 3 is 2.55 bits per heavy atom. The molecule has 4 amide bonds. The number of anilines is 1. The Balaban J connectivity index is 2.12. The number of carbonyl (C=O) groups is 3. The number of benzene rings is 1. The average Bonchev–Trinajstić information content (AvgIpc) is 3.20. The van der Waals surface area contributed by atoms with Crippen LogP contribution in [0.1, 0.15) is 30.9 Å². The second kappa shape index (κ2) is 4.16. The Labute approximate surface area is 116 Å². The molecule has 1 heterocycles. The quantitative estimate of drug-likeness (QED) is 0.836. The zero-order valence-electron chi connectivity index (χ0n) is 11.5. The standard InChI is InChI=1S/C15H16N2O3/c1-3-10-6-4-5-9(2)11(10)17-13(19)15(7-8-15)12(18)16-14(17)20/h4-6H,3,7-8H2,1-2H3,(H,16,18,20). The molecule has 1 aromatic rings. The van der Waals surface area contributed by atoms with Crippen molar-refractivity contribution in [2.24, 2.45) is 5.41 Å². The Hall–Kier alpha value is -2.17. The molecule has 1 aliphatic carbocycles. The lowest BCUT2D eigenvalue weighted by Crippen LogP contribution is -2.59. The first-order valence-corrected chi connectivity index (χ1v) is 6.79. The first-order valence-electron chi connectivity index (χ1n) is 6.79. The summed E-state index contributed by atoms with van der Waals surface area (Å²) in [6.07, 6.45) is 1.76. The number of hydrogen-bond donors (Lipinski definition) is 1. The van der Waals surface area contributed by atoms with E-state index in [4.69, 9.17) is 0 Å². The molecule has 1 N–H and O–H groups in total. The highest BCUT2D eigenvalue weighted by molar-refractivity contribution is 6.31. The van der Waals surface area contributed by atoms with Gasteiger partial charge in [0, 0.05) is 0 Å². The van der Waals surface area contributed by atoms with E-state index in [0.29, 0.717) is 18.5 Å². The van der Waals surface area contributed by atoms with Gasteiger partial charge in [-0.3, -0.25) is 14.9 Å². The van der Waals surface area contributed by atoms with Gasteiger partial charge in [0.1, 0.15) is 5.41 Å². The summed E-state index contributed by atoms with van der Waals surface area (Å²) in [7, 11) is 0. The fourth-order valence-electron chi connectivity index (χ4n) is 2.77. The number of nitrogens with one attached hydrogen (secondary N) is 1. The predicted octanol–water partition coefficient (Wildman–Crippen LogP) is 1.92. The maximum atomic E-state index is 12.6. The van der Waals surface area contributed by atoms with E-state index < -0.39 is 17.4 Å². The number of nitrogens with zero attached hydrogens (tertiary/aromatic N) is 1. The summed E-state index contributed by atoms with van der Waals surface area (Å²) in [6, 6.07) is 5.04. The van der Waals surface area contributed by atoms with Crippen molar-refractivity contribution in [1.82, 2.24) is 5.32 Å². The zero-order valence-corrected chi connectivity index (χ0v) is 11.5. The van der Waals surface area contributed by atoms with E-state index >= 15 is 0 Å². The van der Waals surface area contributed by atoms with Crippen LogP contribution >= 0.6 is 0 Å². The average molecular weight is 272 g/mol. The van der Waals surface area contributed by atoms with Crippen LogP contribution < -0.4 is 10.2 Å². The lowest BCUT2D eigenvalue weighted by atomic mass is 9.98. The number of hydrogen-bond acceptors (Lipinski definition) is 3. The fraction of sp³-hybridized carbons (Fsp3) is 0.400. The summed E-state index contributed by atoms with van der Waals surface area (Å²) in [4.78, 5) is 37.7. The smallest absolute Gasteiger partial charge is 0.276 e. The molecule has 3 rings (SSSR count). The van der Waals surface area contributed by atoms with Crippen LogP contribution in [0, 0.1) is 12.3 Å². The second-order valence-corrected chi connectivity index (χ2v) is 5.42. The maximum absolute atomic E-state index is 12.6. The Morgan fingerprint density at radius 1 is 1.25 bits per heavy atom. The third-order valence-electron chi connectivity index (χ3n) is 4.15. The predicted molar refractivity (Wildman–Crippen MR) is 73.2 cm³/mol. The van der Waals surface area contributed by atoms with E-state index in [9.17, 15) is 14.4 Å². The van der Waals surface area contributed by atoms with Crippen molar-refractivity contribution < 1.29 is 14.4 Å². The number of rotatable bonds is 2. The molecule has 1 aromatic carbocycles. The number of imide groups is 2. The van der Waals surface area contributed by atoms with Gasteiger partial charge >= 0.3 is 6.03 Å². The zero-order chi connectivity index (χ0) is 14.5. The Kier molecular flexibility index (Phi) is 2.67. The minimum Gasteiger partial charge on any atom is -0.276 e. The lowest BCUT2D eigenvalue weighted by molar-refractivity contribution is -0.136. The summed E-state index contributed by atoms with van der Waals surface area (Å²) in [5.41, 5.74) is 1.41. The van der Waals surface area contributed by atoms with Gasteiger partial charge in [0.15, 0.2) is 0 Å². The third kappa shape index (κ3) is 1.59. The summed E-state index contributed by atoms with van der Waals surface area (Å²) < 4.78 is 0. The summed E-state index contributed by atoms with van der Waals surface area (Å²) in [6.45, 7) is 3.84. The maximum Gasteiger partial charge on any atom is 0.335 e. The van der Waals surface area contributed by atoms with Crippen molar-refractivity contribution >= 4 is 23.5 Å². The van der Waals surface area contributed by atoms with Gasteiger partial charge in [-0.05, 0) is 37.3 Å². The monoisotopic (exact) mass is 272 g/mol. The molecule has 20 heavy (non-hydrogen) atoms. The van der Waals surface area contributed by atoms with Gasteiger partial charge in [-0.1, -0.05) is 25.1 Å². The van der Waals surface area contributed by atoms with Crippen molar-refractivity contribution in [3.8, 4) is 0 Å². The summed E-state index contributed by atoms with van der Waals surface area (Å²) in [5.74, 6) is -0.828. The molecule has 104 valence electrons. The summed E-state index contributed by atoms with van der Waals surface area (Å²) in [5, 5.41) is 2.32. The highest BCUT2D eigenvalue weighted by Crippen LogP contribution is 2.50. The minimum atomic E-state index is -0.999. The fourth-order valence-corrected chi connectivity index (χ4v) is 2.77. The first kappa shape index (κ1) is 12.8. The van der Waals surface area contributed by atoms with E-state index in [2.05, 4.69) is 5.32 Å². The molecule has 0 atom stereocenters. The summed E-state index contributed by atoms with van der Waals surface area (Å²) >= 11 is 0. The van der Waals surface area contributed by atoms with E-state index in [-0.39, 0.29) is 5.91 Å². The van der Waals surface area contributed by atoms with Crippen LogP contribution in [-0.2, 0) is 16.0 Å². The van der Waals surface area contributed by atoms with E-state index in [1.165, 1.54) is 0 Å². The molecule has 0 bridgehead atoms. The topological polar surface area (TPSA) is 66.5 Å². The van der Waals surface area contributed by atoms with E-state index in [0.717, 1.165) is 22.4 Å². The first-order chi connectivity index (χ1) is 9.51. The Morgan fingerprint density at radius 2 is 1.95 bits per heavy atom. The molecule has 1 saturated heterocycles. The normalized spacial score (nSPS) is 20.3. The van der Waals surface area contributed by atoms with Crippen molar-refractivity contribution in [3.05, 3.63) is 29.3 Å². The van der Waals surface area contributed by atoms with Gasteiger partial charge in [-0.15, -0.1) is 0 Å². The van der Waals surface area contributed by atoms with Crippen molar-refractivity contribution in [2.75, 3.05) is 4.90 Å². The van der Waals surface area contributed by atoms with E-state index in [1.54, 1.807) is 0 Å². The SMILES string of the molecule is CCc1cccc(C)c1N1C(=O)NC(=O)C2(CC2)C1=O. The molecule has 1 aliphatic heterocycles. The number of aryl methyl sites for hydroxylation is 2. The highest BCUT2D eigenvalue weighted by Gasteiger charge is 2.62. The van der Waals surface area contributed by atoms with Crippen LogP contribution in [0.25, 0.3) is 0 Å². The van der Waals surface area contributed by atoms with E-state index in [1.807, 2.05) is 32.0 Å². The molecule has 1 saturated carbocycles. The largest absolute Gasteiger partial charge is 0.335 e.